The van der Waals surface area contributed by atoms with Crippen LogP contribution in [-0.4, -0.2) is 12.0 Å². The first-order chi connectivity index (χ1) is 7.95. The van der Waals surface area contributed by atoms with Crippen molar-refractivity contribution in [3.8, 4) is 5.75 Å². The second-order valence-corrected chi connectivity index (χ2v) is 4.68. The van der Waals surface area contributed by atoms with E-state index < -0.39 is 6.10 Å². The van der Waals surface area contributed by atoms with Gasteiger partial charge in [-0.25, -0.2) is 5.84 Å². The number of halogens is 2. The molecule has 0 radical (unpaired) electrons. The summed E-state index contributed by atoms with van der Waals surface area (Å²) in [7, 11) is 0. The molecule has 3 N–H and O–H groups in total. The van der Waals surface area contributed by atoms with Gasteiger partial charge in [-0.2, -0.15) is 0 Å². The Balaban J connectivity index is 2.86. The highest BCUT2D eigenvalue weighted by Crippen LogP contribution is 2.27. The Morgan fingerprint density at radius 2 is 2.00 bits per heavy atom. The monoisotopic (exact) mass is 276 g/mol. The molecular weight excluding hydrogens is 263 g/mol. The van der Waals surface area contributed by atoms with E-state index in [2.05, 4.69) is 5.43 Å². The molecule has 0 aliphatic carbocycles. The fourth-order valence-electron chi connectivity index (χ4n) is 1.27. The summed E-state index contributed by atoms with van der Waals surface area (Å²) < 4.78 is 5.53. The van der Waals surface area contributed by atoms with E-state index in [1.165, 1.54) is 0 Å². The highest BCUT2D eigenvalue weighted by molar-refractivity contribution is 6.42. The smallest absolute Gasteiger partial charge is 0.275 e. The number of nitrogens with one attached hydrogen (secondary N) is 1. The fraction of sp³-hybridized carbons (Fsp3) is 0.364. The van der Waals surface area contributed by atoms with Crippen LogP contribution in [0, 0.1) is 5.92 Å². The Hall–Kier alpha value is -0.970. The largest absolute Gasteiger partial charge is 0.480 e. The molecule has 1 unspecified atom stereocenters. The van der Waals surface area contributed by atoms with Crippen LogP contribution in [0.5, 0.6) is 5.75 Å². The molecule has 4 nitrogen and oxygen atoms in total. The Kier molecular flexibility index (Phi) is 5.05. The van der Waals surface area contributed by atoms with Crippen molar-refractivity contribution in [2.24, 2.45) is 11.8 Å². The second kappa shape index (κ2) is 6.10. The zero-order chi connectivity index (χ0) is 13.0. The van der Waals surface area contributed by atoms with Crippen LogP contribution < -0.4 is 16.0 Å². The van der Waals surface area contributed by atoms with Crippen LogP contribution in [0.3, 0.4) is 0 Å². The lowest BCUT2D eigenvalue weighted by Crippen LogP contribution is -2.44. The Morgan fingerprint density at radius 3 is 2.47 bits per heavy atom. The van der Waals surface area contributed by atoms with Crippen LogP contribution >= 0.6 is 23.2 Å². The molecule has 94 valence electrons. The first-order valence-electron chi connectivity index (χ1n) is 5.08. The van der Waals surface area contributed by atoms with Gasteiger partial charge in [0.15, 0.2) is 6.10 Å². The summed E-state index contributed by atoms with van der Waals surface area (Å²) in [4.78, 5) is 11.5. The van der Waals surface area contributed by atoms with E-state index in [1.54, 1.807) is 18.2 Å². The minimum atomic E-state index is -0.669. The number of amides is 1. The average molecular weight is 277 g/mol. The lowest BCUT2D eigenvalue weighted by Gasteiger charge is -2.20. The van der Waals surface area contributed by atoms with E-state index in [4.69, 9.17) is 33.8 Å². The first kappa shape index (κ1) is 14.1. The molecule has 0 saturated carbocycles. The van der Waals surface area contributed by atoms with Crippen molar-refractivity contribution in [1.29, 1.82) is 0 Å². The maximum atomic E-state index is 11.5. The maximum absolute atomic E-state index is 11.5. The van der Waals surface area contributed by atoms with Gasteiger partial charge in [0.05, 0.1) is 10.0 Å². The van der Waals surface area contributed by atoms with Gasteiger partial charge in [0.25, 0.3) is 5.91 Å². The molecule has 0 aromatic heterocycles. The molecule has 1 aromatic rings. The number of carbonyl (C=O) groups excluding carboxylic acids is 1. The molecule has 1 amide bonds. The predicted octanol–water partition coefficient (Wildman–Crippen LogP) is 2.39. The number of hydrogen-bond acceptors (Lipinski definition) is 3. The third-order valence-electron chi connectivity index (χ3n) is 2.16. The molecule has 17 heavy (non-hydrogen) atoms. The van der Waals surface area contributed by atoms with Crippen molar-refractivity contribution in [2.45, 2.75) is 20.0 Å². The Bertz CT molecular complexity index is 410. The van der Waals surface area contributed by atoms with Crippen molar-refractivity contribution in [1.82, 2.24) is 5.43 Å². The van der Waals surface area contributed by atoms with Gasteiger partial charge in [-0.05, 0) is 18.1 Å². The number of hydrazine groups is 1. The van der Waals surface area contributed by atoms with E-state index >= 15 is 0 Å². The summed E-state index contributed by atoms with van der Waals surface area (Å²) in [5, 5.41) is 0.809. The van der Waals surface area contributed by atoms with E-state index in [0.29, 0.717) is 15.8 Å². The molecule has 6 heteroatoms. The number of rotatable bonds is 4. The van der Waals surface area contributed by atoms with Crippen LogP contribution in [0.15, 0.2) is 18.2 Å². The summed E-state index contributed by atoms with van der Waals surface area (Å²) in [6.45, 7) is 3.72. The molecule has 0 spiro atoms. The van der Waals surface area contributed by atoms with Gasteiger partial charge in [-0.1, -0.05) is 37.0 Å². The third kappa shape index (κ3) is 3.77. The molecule has 0 saturated heterocycles. The minimum Gasteiger partial charge on any atom is -0.480 e. The minimum absolute atomic E-state index is 0.0204. The first-order valence-corrected chi connectivity index (χ1v) is 5.83. The van der Waals surface area contributed by atoms with Gasteiger partial charge in [-0.15, -0.1) is 0 Å². The van der Waals surface area contributed by atoms with E-state index in [9.17, 15) is 4.79 Å². The maximum Gasteiger partial charge on any atom is 0.275 e. The van der Waals surface area contributed by atoms with Crippen LogP contribution in [-0.2, 0) is 4.79 Å². The van der Waals surface area contributed by atoms with E-state index in [1.807, 2.05) is 13.8 Å². The average Bonchev–Trinajstić information content (AvgIpc) is 2.29. The van der Waals surface area contributed by atoms with E-state index in [0.717, 1.165) is 0 Å². The second-order valence-electron chi connectivity index (χ2n) is 3.87. The normalized spacial score (nSPS) is 12.4. The Morgan fingerprint density at radius 1 is 1.35 bits per heavy atom. The van der Waals surface area contributed by atoms with Crippen LogP contribution in [0.1, 0.15) is 13.8 Å². The number of carbonyl (C=O) groups is 1. The van der Waals surface area contributed by atoms with Crippen molar-refractivity contribution in [2.75, 3.05) is 0 Å². The molecular formula is C11H14Cl2N2O2. The molecule has 0 heterocycles. The molecule has 1 atom stereocenters. The summed E-state index contributed by atoms with van der Waals surface area (Å²) in [5.41, 5.74) is 2.07. The number of benzene rings is 1. The fourth-order valence-corrected chi connectivity index (χ4v) is 1.56. The third-order valence-corrected chi connectivity index (χ3v) is 2.90. The number of nitrogens with two attached hydrogens (primary N) is 1. The van der Waals surface area contributed by atoms with Crippen molar-refractivity contribution in [3.63, 3.8) is 0 Å². The van der Waals surface area contributed by atoms with Crippen LogP contribution in [0.25, 0.3) is 0 Å². The molecule has 0 fully saturated rings. The number of hydrogen-bond donors (Lipinski definition) is 2. The van der Waals surface area contributed by atoms with Crippen molar-refractivity contribution < 1.29 is 9.53 Å². The summed E-state index contributed by atoms with van der Waals surface area (Å²) in [5.74, 6) is 5.16. The molecule has 0 aliphatic heterocycles. The quantitative estimate of drug-likeness (QED) is 0.504. The highest BCUT2D eigenvalue weighted by Gasteiger charge is 2.23. The lowest BCUT2D eigenvalue weighted by molar-refractivity contribution is -0.129. The topological polar surface area (TPSA) is 64.3 Å². The van der Waals surface area contributed by atoms with Crippen molar-refractivity contribution in [3.05, 3.63) is 28.2 Å². The van der Waals surface area contributed by atoms with Gasteiger partial charge in [0.1, 0.15) is 5.75 Å². The van der Waals surface area contributed by atoms with Crippen molar-refractivity contribution >= 4 is 29.1 Å². The van der Waals surface area contributed by atoms with Gasteiger partial charge in [0, 0.05) is 6.07 Å². The SMILES string of the molecule is CC(C)C(Oc1ccc(Cl)c(Cl)c1)C(=O)NN. The predicted molar refractivity (Wildman–Crippen MR) is 68.0 cm³/mol. The molecule has 0 aliphatic rings. The molecule has 1 rings (SSSR count). The lowest BCUT2D eigenvalue weighted by atomic mass is 10.1. The van der Waals surface area contributed by atoms with Gasteiger partial charge < -0.3 is 4.74 Å². The standard InChI is InChI=1S/C11H14Cl2N2O2/c1-6(2)10(11(16)15-14)17-7-3-4-8(12)9(13)5-7/h3-6,10H,14H2,1-2H3,(H,15,16). The summed E-state index contributed by atoms with van der Waals surface area (Å²) >= 11 is 11.6. The van der Waals surface area contributed by atoms with Crippen LogP contribution in [0.2, 0.25) is 10.0 Å². The summed E-state index contributed by atoms with van der Waals surface area (Å²) in [6.07, 6.45) is -0.669. The van der Waals surface area contributed by atoms with E-state index in [-0.39, 0.29) is 11.8 Å². The zero-order valence-corrected chi connectivity index (χ0v) is 11.0. The van der Waals surface area contributed by atoms with Gasteiger partial charge >= 0.3 is 0 Å². The molecule has 0 bridgehead atoms. The Labute approximate surface area is 110 Å². The zero-order valence-electron chi connectivity index (χ0n) is 9.54. The van der Waals surface area contributed by atoms with Gasteiger partial charge in [0.2, 0.25) is 0 Å². The molecule has 1 aromatic carbocycles. The van der Waals surface area contributed by atoms with Crippen LogP contribution in [0.4, 0.5) is 0 Å². The summed E-state index contributed by atoms with van der Waals surface area (Å²) in [6, 6.07) is 4.81. The number of ether oxygens (including phenoxy) is 1. The van der Waals surface area contributed by atoms with Gasteiger partial charge in [-0.3, -0.25) is 10.2 Å². The highest BCUT2D eigenvalue weighted by atomic mass is 35.5.